The maximum absolute atomic E-state index is 12.9. The Balaban J connectivity index is 1.62. The lowest BCUT2D eigenvalue weighted by molar-refractivity contribution is -0.113. The molecule has 0 atom stereocenters. The molecule has 0 bridgehead atoms. The van der Waals surface area contributed by atoms with Gasteiger partial charge < -0.3 is 4.42 Å². The fourth-order valence-corrected chi connectivity index (χ4v) is 4.98. The van der Waals surface area contributed by atoms with Gasteiger partial charge in [0, 0.05) is 21.1 Å². The third-order valence-corrected chi connectivity index (χ3v) is 6.34. The lowest BCUT2D eigenvalue weighted by Crippen LogP contribution is -2.27. The van der Waals surface area contributed by atoms with Gasteiger partial charge in [0.2, 0.25) is 0 Å². The van der Waals surface area contributed by atoms with Gasteiger partial charge in [-0.3, -0.25) is 9.69 Å². The van der Waals surface area contributed by atoms with Crippen molar-refractivity contribution in [2.75, 3.05) is 4.90 Å². The molecule has 3 aromatic rings. The van der Waals surface area contributed by atoms with E-state index in [9.17, 15) is 4.79 Å². The van der Waals surface area contributed by atoms with Gasteiger partial charge >= 0.3 is 0 Å². The van der Waals surface area contributed by atoms with Gasteiger partial charge in [-0.25, -0.2) is 0 Å². The molecule has 2 heterocycles. The minimum Gasteiger partial charge on any atom is -0.457 e. The fourth-order valence-electron chi connectivity index (χ4n) is 2.83. The van der Waals surface area contributed by atoms with E-state index in [1.807, 2.05) is 37.3 Å². The number of carbonyl (C=O) groups excluding carboxylic acids is 1. The molecule has 28 heavy (non-hydrogen) atoms. The van der Waals surface area contributed by atoms with Crippen molar-refractivity contribution in [3.63, 3.8) is 0 Å². The van der Waals surface area contributed by atoms with Crippen LogP contribution in [0.4, 0.5) is 5.69 Å². The number of thioether (sulfide) groups is 1. The van der Waals surface area contributed by atoms with Crippen LogP contribution in [-0.2, 0) is 4.79 Å². The number of amides is 1. The van der Waals surface area contributed by atoms with E-state index in [0.717, 1.165) is 21.4 Å². The first-order valence-corrected chi connectivity index (χ1v) is 10.7. The molecule has 1 fully saturated rings. The van der Waals surface area contributed by atoms with E-state index in [-0.39, 0.29) is 5.91 Å². The maximum Gasteiger partial charge on any atom is 0.270 e. The number of thiocarbonyl (C=S) groups is 1. The summed E-state index contributed by atoms with van der Waals surface area (Å²) in [5.41, 5.74) is 2.77. The first-order valence-electron chi connectivity index (χ1n) is 8.32. The van der Waals surface area contributed by atoms with Crippen LogP contribution in [0.1, 0.15) is 11.3 Å². The number of carbonyl (C=O) groups is 1. The minimum absolute atomic E-state index is 0.188. The van der Waals surface area contributed by atoms with Crippen molar-refractivity contribution < 1.29 is 9.21 Å². The lowest BCUT2D eigenvalue weighted by Gasteiger charge is -2.14. The SMILES string of the molecule is Cc1ccc(-c2ccc(/C=C3\SC(=S)N(c4cccc(Cl)c4)C3=O)o2)c(Br)c1. The predicted octanol–water partition coefficient (Wildman–Crippen LogP) is 7.08. The highest BCUT2D eigenvalue weighted by Gasteiger charge is 2.33. The van der Waals surface area contributed by atoms with Gasteiger partial charge in [-0.05, 0) is 55.0 Å². The van der Waals surface area contributed by atoms with Crippen molar-refractivity contribution in [2.45, 2.75) is 6.92 Å². The third-order valence-electron chi connectivity index (χ3n) is 4.15. The summed E-state index contributed by atoms with van der Waals surface area (Å²) < 4.78 is 7.36. The average molecular weight is 491 g/mol. The quantitative estimate of drug-likeness (QED) is 0.290. The van der Waals surface area contributed by atoms with Crippen molar-refractivity contribution in [3.05, 3.63) is 80.3 Å². The molecule has 0 aliphatic carbocycles. The molecule has 4 rings (SSSR count). The molecule has 1 saturated heterocycles. The summed E-state index contributed by atoms with van der Waals surface area (Å²) in [6.45, 7) is 2.03. The number of benzene rings is 2. The number of halogens is 2. The molecule has 1 aliphatic rings. The minimum atomic E-state index is -0.188. The molecular weight excluding hydrogens is 478 g/mol. The normalized spacial score (nSPS) is 15.7. The van der Waals surface area contributed by atoms with Crippen LogP contribution < -0.4 is 4.90 Å². The molecule has 1 aliphatic heterocycles. The standard InChI is InChI=1S/C21H13BrClNO2S2/c1-12-5-7-16(17(22)9-12)18-8-6-15(26-18)11-19-20(25)24(21(27)28-19)14-4-2-3-13(23)10-14/h2-11H,1H3/b19-11-. The predicted molar refractivity (Wildman–Crippen MR) is 124 cm³/mol. The summed E-state index contributed by atoms with van der Waals surface area (Å²) in [7, 11) is 0. The van der Waals surface area contributed by atoms with E-state index >= 15 is 0 Å². The van der Waals surface area contributed by atoms with Gasteiger partial charge in [0.05, 0.1) is 10.6 Å². The molecule has 0 saturated carbocycles. The van der Waals surface area contributed by atoms with Crippen molar-refractivity contribution >= 4 is 73.5 Å². The Bertz CT molecular complexity index is 1140. The number of nitrogens with zero attached hydrogens (tertiary/aromatic N) is 1. The second-order valence-electron chi connectivity index (χ2n) is 6.18. The third kappa shape index (κ3) is 3.82. The van der Waals surface area contributed by atoms with Crippen molar-refractivity contribution in [3.8, 4) is 11.3 Å². The topological polar surface area (TPSA) is 33.5 Å². The smallest absolute Gasteiger partial charge is 0.270 e. The Kier molecular flexibility index (Phi) is 5.47. The zero-order chi connectivity index (χ0) is 19.8. The highest BCUT2D eigenvalue weighted by atomic mass is 79.9. The highest BCUT2D eigenvalue weighted by Crippen LogP contribution is 2.37. The molecular formula is C21H13BrClNO2S2. The number of hydrogen-bond acceptors (Lipinski definition) is 4. The van der Waals surface area contributed by atoms with Crippen molar-refractivity contribution in [1.82, 2.24) is 0 Å². The number of rotatable bonds is 3. The Labute approximate surface area is 185 Å². The summed E-state index contributed by atoms with van der Waals surface area (Å²) in [6.07, 6.45) is 1.72. The van der Waals surface area contributed by atoms with Gasteiger partial charge in [0.25, 0.3) is 5.91 Å². The largest absolute Gasteiger partial charge is 0.457 e. The van der Waals surface area contributed by atoms with E-state index in [1.165, 1.54) is 16.7 Å². The van der Waals surface area contributed by atoms with Crippen LogP contribution in [0.3, 0.4) is 0 Å². The average Bonchev–Trinajstić information content (AvgIpc) is 3.20. The molecule has 1 aromatic heterocycles. The second kappa shape index (κ2) is 7.87. The lowest BCUT2D eigenvalue weighted by atomic mass is 10.1. The highest BCUT2D eigenvalue weighted by molar-refractivity contribution is 9.10. The maximum atomic E-state index is 12.9. The van der Waals surface area contributed by atoms with E-state index in [4.69, 9.17) is 28.2 Å². The molecule has 0 N–H and O–H groups in total. The summed E-state index contributed by atoms with van der Waals surface area (Å²) in [5.74, 6) is 1.13. The van der Waals surface area contributed by atoms with Crippen LogP contribution in [-0.4, -0.2) is 10.2 Å². The first-order chi connectivity index (χ1) is 13.4. The Morgan fingerprint density at radius 1 is 1.18 bits per heavy atom. The number of furan rings is 1. The molecule has 0 spiro atoms. The second-order valence-corrected chi connectivity index (χ2v) is 9.15. The zero-order valence-corrected chi connectivity index (χ0v) is 18.6. The van der Waals surface area contributed by atoms with Gasteiger partial charge in [0.1, 0.15) is 11.5 Å². The Morgan fingerprint density at radius 3 is 2.75 bits per heavy atom. The van der Waals surface area contributed by atoms with E-state index < -0.39 is 0 Å². The number of anilines is 1. The Hall–Kier alpha value is -1.86. The zero-order valence-electron chi connectivity index (χ0n) is 14.6. The summed E-state index contributed by atoms with van der Waals surface area (Å²) >= 11 is 16.3. The van der Waals surface area contributed by atoms with Crippen LogP contribution in [0.5, 0.6) is 0 Å². The van der Waals surface area contributed by atoms with Crippen LogP contribution >= 0.6 is 51.5 Å². The first kappa shape index (κ1) is 19.5. The summed E-state index contributed by atoms with van der Waals surface area (Å²) in [6, 6.07) is 16.9. The van der Waals surface area contributed by atoms with Gasteiger partial charge in [-0.15, -0.1) is 0 Å². The van der Waals surface area contributed by atoms with E-state index in [1.54, 1.807) is 30.3 Å². The van der Waals surface area contributed by atoms with E-state index in [2.05, 4.69) is 15.9 Å². The molecule has 140 valence electrons. The number of aryl methyl sites for hydroxylation is 1. The summed E-state index contributed by atoms with van der Waals surface area (Å²) in [4.78, 5) is 14.8. The van der Waals surface area contributed by atoms with E-state index in [0.29, 0.717) is 25.7 Å². The van der Waals surface area contributed by atoms with Gasteiger partial charge in [-0.1, -0.05) is 63.6 Å². The van der Waals surface area contributed by atoms with Crippen molar-refractivity contribution in [2.24, 2.45) is 0 Å². The van der Waals surface area contributed by atoms with Gasteiger partial charge in [-0.2, -0.15) is 0 Å². The molecule has 0 radical (unpaired) electrons. The number of hydrogen-bond donors (Lipinski definition) is 0. The molecule has 0 unspecified atom stereocenters. The van der Waals surface area contributed by atoms with Crippen LogP contribution in [0, 0.1) is 6.92 Å². The van der Waals surface area contributed by atoms with Crippen LogP contribution in [0.25, 0.3) is 17.4 Å². The molecule has 7 heteroatoms. The molecule has 1 amide bonds. The van der Waals surface area contributed by atoms with Crippen molar-refractivity contribution in [1.29, 1.82) is 0 Å². The van der Waals surface area contributed by atoms with Crippen LogP contribution in [0.15, 0.2) is 68.4 Å². The van der Waals surface area contributed by atoms with Crippen LogP contribution in [0.2, 0.25) is 5.02 Å². The monoisotopic (exact) mass is 489 g/mol. The Morgan fingerprint density at radius 2 is 2.00 bits per heavy atom. The fraction of sp³-hybridized carbons (Fsp3) is 0.0476. The summed E-state index contributed by atoms with van der Waals surface area (Å²) in [5, 5.41) is 0.551. The molecule has 2 aromatic carbocycles. The molecule has 3 nitrogen and oxygen atoms in total. The van der Waals surface area contributed by atoms with Gasteiger partial charge in [0.15, 0.2) is 4.32 Å².